The number of fused-ring (bicyclic) bond motifs is 1. The first-order valence-electron chi connectivity index (χ1n) is 7.70. The summed E-state index contributed by atoms with van der Waals surface area (Å²) < 4.78 is 38.3. The lowest BCUT2D eigenvalue weighted by molar-refractivity contribution is 0.298. The van der Waals surface area contributed by atoms with E-state index in [1.165, 1.54) is 0 Å². The van der Waals surface area contributed by atoms with Gasteiger partial charge in [0.25, 0.3) is 10.1 Å². The molecule has 0 saturated carbocycles. The summed E-state index contributed by atoms with van der Waals surface area (Å²) in [5.74, 6) is -0.381. The van der Waals surface area contributed by atoms with Crippen molar-refractivity contribution in [1.29, 1.82) is 0 Å². The molecule has 25 heavy (non-hydrogen) atoms. The number of phenols is 1. The van der Waals surface area contributed by atoms with Crippen LogP contribution in [0.1, 0.15) is 19.8 Å². The lowest BCUT2D eigenvalue weighted by Crippen LogP contribution is -2.08. The van der Waals surface area contributed by atoms with Crippen LogP contribution in [0.3, 0.4) is 0 Å². The Bertz CT molecular complexity index is 981. The molecule has 0 bridgehead atoms. The molecule has 0 amide bonds. The summed E-state index contributed by atoms with van der Waals surface area (Å²) in [5, 5.41) is 18.7. The average molecular weight is 363 g/mol. The maximum absolute atomic E-state index is 11.7. The first-order chi connectivity index (χ1) is 11.9. The van der Waals surface area contributed by atoms with E-state index in [4.69, 9.17) is 4.74 Å². The van der Waals surface area contributed by atoms with Crippen LogP contribution in [0.25, 0.3) is 16.7 Å². The highest BCUT2D eigenvalue weighted by atomic mass is 32.2. The fraction of sp³-hybridized carbons (Fsp3) is 0.250. The van der Waals surface area contributed by atoms with E-state index in [9.17, 15) is 18.1 Å². The van der Waals surface area contributed by atoms with Gasteiger partial charge in [0.1, 0.15) is 33.1 Å². The number of hydrogen-bond acceptors (Lipinski definition) is 6. The SMILES string of the molecule is CCCCOc1cc(O)c(-n2nc3ccccc3n2)cc1S(=O)(=O)O. The van der Waals surface area contributed by atoms with Gasteiger partial charge < -0.3 is 9.84 Å². The van der Waals surface area contributed by atoms with Crippen LogP contribution in [0, 0.1) is 0 Å². The highest BCUT2D eigenvalue weighted by Crippen LogP contribution is 2.33. The monoisotopic (exact) mass is 363 g/mol. The molecule has 0 aliphatic heterocycles. The van der Waals surface area contributed by atoms with Crippen molar-refractivity contribution < 1.29 is 22.8 Å². The Balaban J connectivity index is 2.11. The summed E-state index contributed by atoms with van der Waals surface area (Å²) in [4.78, 5) is 0.669. The average Bonchev–Trinajstić information content (AvgIpc) is 2.97. The molecule has 0 fully saturated rings. The van der Waals surface area contributed by atoms with Crippen molar-refractivity contribution in [3.63, 3.8) is 0 Å². The number of rotatable bonds is 6. The molecule has 0 spiro atoms. The van der Waals surface area contributed by atoms with E-state index in [2.05, 4.69) is 10.2 Å². The quantitative estimate of drug-likeness (QED) is 0.511. The predicted octanol–water partition coefficient (Wildman–Crippen LogP) is 2.55. The van der Waals surface area contributed by atoms with E-state index in [-0.39, 0.29) is 23.8 Å². The second-order valence-electron chi connectivity index (χ2n) is 5.44. The Hall–Kier alpha value is -2.65. The van der Waals surface area contributed by atoms with Crippen molar-refractivity contribution in [2.45, 2.75) is 24.7 Å². The number of phenolic OH excluding ortho intramolecular Hbond substituents is 1. The summed E-state index contributed by atoms with van der Waals surface area (Å²) in [7, 11) is -4.55. The predicted molar refractivity (Wildman–Crippen MR) is 90.7 cm³/mol. The highest BCUT2D eigenvalue weighted by molar-refractivity contribution is 7.86. The van der Waals surface area contributed by atoms with Crippen molar-refractivity contribution in [2.24, 2.45) is 0 Å². The summed E-state index contributed by atoms with van der Waals surface area (Å²) in [5.41, 5.74) is 1.18. The van der Waals surface area contributed by atoms with Crippen LogP contribution in [0.5, 0.6) is 11.5 Å². The van der Waals surface area contributed by atoms with Gasteiger partial charge in [0.15, 0.2) is 0 Å². The second kappa shape index (κ2) is 6.69. The van der Waals surface area contributed by atoms with Crippen molar-refractivity contribution in [2.75, 3.05) is 6.61 Å². The van der Waals surface area contributed by atoms with Gasteiger partial charge in [-0.15, -0.1) is 15.0 Å². The van der Waals surface area contributed by atoms with Crippen molar-refractivity contribution in [3.8, 4) is 17.2 Å². The molecule has 2 N–H and O–H groups in total. The molecule has 0 atom stereocenters. The molecule has 9 heteroatoms. The van der Waals surface area contributed by atoms with Gasteiger partial charge in [0.2, 0.25) is 0 Å². The number of nitrogens with zero attached hydrogens (tertiary/aromatic N) is 3. The third-order valence-electron chi connectivity index (χ3n) is 3.58. The Morgan fingerprint density at radius 3 is 2.36 bits per heavy atom. The first kappa shape index (κ1) is 17.2. The van der Waals surface area contributed by atoms with E-state index in [1.807, 2.05) is 6.92 Å². The van der Waals surface area contributed by atoms with Crippen molar-refractivity contribution in [3.05, 3.63) is 36.4 Å². The minimum atomic E-state index is -4.55. The van der Waals surface area contributed by atoms with Crippen molar-refractivity contribution >= 4 is 21.2 Å². The summed E-state index contributed by atoms with van der Waals surface area (Å²) >= 11 is 0. The molecule has 0 aliphatic rings. The zero-order valence-corrected chi connectivity index (χ0v) is 14.3. The van der Waals surface area contributed by atoms with Gasteiger partial charge in [-0.05, 0) is 24.6 Å². The minimum absolute atomic E-state index is 0.0201. The maximum atomic E-state index is 11.7. The largest absolute Gasteiger partial charge is 0.505 e. The Labute approximate surface area is 144 Å². The molecular formula is C16H17N3O5S. The van der Waals surface area contributed by atoms with Gasteiger partial charge in [-0.25, -0.2) is 0 Å². The van der Waals surface area contributed by atoms with E-state index in [0.717, 1.165) is 23.4 Å². The Morgan fingerprint density at radius 2 is 1.80 bits per heavy atom. The summed E-state index contributed by atoms with van der Waals surface area (Å²) in [6.07, 6.45) is 1.56. The number of benzene rings is 2. The second-order valence-corrected chi connectivity index (χ2v) is 6.83. The fourth-order valence-electron chi connectivity index (χ4n) is 2.31. The first-order valence-corrected chi connectivity index (χ1v) is 9.14. The third kappa shape index (κ3) is 3.57. The van der Waals surface area contributed by atoms with Gasteiger partial charge in [-0.3, -0.25) is 4.55 Å². The van der Waals surface area contributed by atoms with Gasteiger partial charge in [-0.1, -0.05) is 25.5 Å². The van der Waals surface area contributed by atoms with Gasteiger partial charge in [0, 0.05) is 6.07 Å². The standard InChI is InChI=1S/C16H17N3O5S/c1-2-3-8-24-15-10-14(20)13(9-16(15)25(21,22)23)19-17-11-6-4-5-7-12(11)18-19/h4-7,9-10,20H,2-3,8H2,1H3,(H,21,22,23). The van der Waals surface area contributed by atoms with Crippen LogP contribution in [-0.2, 0) is 10.1 Å². The van der Waals surface area contributed by atoms with Crippen LogP contribution in [0.2, 0.25) is 0 Å². The molecule has 8 nitrogen and oxygen atoms in total. The van der Waals surface area contributed by atoms with E-state index >= 15 is 0 Å². The van der Waals surface area contributed by atoms with Gasteiger partial charge >= 0.3 is 0 Å². The molecule has 1 aromatic heterocycles. The van der Waals surface area contributed by atoms with E-state index in [1.54, 1.807) is 24.3 Å². The van der Waals surface area contributed by atoms with Crippen LogP contribution in [-0.4, -0.2) is 39.7 Å². The highest BCUT2D eigenvalue weighted by Gasteiger charge is 2.22. The van der Waals surface area contributed by atoms with Crippen LogP contribution >= 0.6 is 0 Å². The molecular weight excluding hydrogens is 346 g/mol. The van der Waals surface area contributed by atoms with E-state index in [0.29, 0.717) is 17.5 Å². The van der Waals surface area contributed by atoms with Gasteiger partial charge in [-0.2, -0.15) is 8.42 Å². The molecule has 2 aromatic carbocycles. The number of aromatic nitrogens is 3. The Kier molecular flexibility index (Phi) is 4.60. The van der Waals surface area contributed by atoms with E-state index < -0.39 is 15.0 Å². The lowest BCUT2D eigenvalue weighted by atomic mass is 10.2. The van der Waals surface area contributed by atoms with Crippen LogP contribution in [0.15, 0.2) is 41.3 Å². The van der Waals surface area contributed by atoms with Gasteiger partial charge in [0.05, 0.1) is 6.61 Å². The number of aromatic hydroxyl groups is 1. The summed E-state index contributed by atoms with van der Waals surface area (Å²) in [6, 6.07) is 9.28. The lowest BCUT2D eigenvalue weighted by Gasteiger charge is -2.12. The molecule has 3 rings (SSSR count). The zero-order chi connectivity index (χ0) is 18.0. The number of ether oxygens (including phenoxy) is 1. The number of unbranched alkanes of at least 4 members (excludes halogenated alkanes) is 1. The normalized spacial score (nSPS) is 11.8. The van der Waals surface area contributed by atoms with Crippen LogP contribution in [0.4, 0.5) is 0 Å². The molecule has 0 aliphatic carbocycles. The maximum Gasteiger partial charge on any atom is 0.298 e. The molecule has 0 saturated heterocycles. The number of hydrogen-bond donors (Lipinski definition) is 2. The molecule has 1 heterocycles. The topological polar surface area (TPSA) is 115 Å². The van der Waals surface area contributed by atoms with Crippen molar-refractivity contribution in [1.82, 2.24) is 15.0 Å². The molecule has 0 radical (unpaired) electrons. The van der Waals surface area contributed by atoms with Crippen LogP contribution < -0.4 is 4.74 Å². The Morgan fingerprint density at radius 1 is 1.16 bits per heavy atom. The smallest absolute Gasteiger partial charge is 0.298 e. The molecule has 3 aromatic rings. The zero-order valence-electron chi connectivity index (χ0n) is 13.5. The molecule has 0 unspecified atom stereocenters. The fourth-order valence-corrected chi connectivity index (χ4v) is 2.94. The minimum Gasteiger partial charge on any atom is -0.505 e. The summed E-state index contributed by atoms with van der Waals surface area (Å²) in [6.45, 7) is 2.23. The third-order valence-corrected chi connectivity index (χ3v) is 4.45. The molecule has 132 valence electrons.